The minimum absolute atomic E-state index is 0.0134. The Morgan fingerprint density at radius 2 is 1.67 bits per heavy atom. The number of fused-ring (bicyclic) bond motifs is 1. The molecule has 1 aromatic heterocycles. The van der Waals surface area contributed by atoms with Gasteiger partial charge >= 0.3 is 12.1 Å². The first kappa shape index (κ1) is 22.3. The molecule has 0 radical (unpaired) electrons. The van der Waals surface area contributed by atoms with Crippen LogP contribution in [0.1, 0.15) is 16.1 Å². The SMILES string of the molecule is O=C(Oc1ccc2c(=O)c(Oc3ccccc3Cl)c(C(F)(F)F)oc2c1)c1ccccc1F. The number of alkyl halides is 3. The molecule has 0 saturated carbocycles. The van der Waals surface area contributed by atoms with Gasteiger partial charge in [-0.25, -0.2) is 9.18 Å². The van der Waals surface area contributed by atoms with Crippen molar-refractivity contribution in [2.24, 2.45) is 0 Å². The summed E-state index contributed by atoms with van der Waals surface area (Å²) in [6, 6.07) is 13.9. The lowest BCUT2D eigenvalue weighted by Crippen LogP contribution is -2.16. The van der Waals surface area contributed by atoms with Crippen molar-refractivity contribution in [1.29, 1.82) is 0 Å². The Morgan fingerprint density at radius 3 is 2.36 bits per heavy atom. The van der Waals surface area contributed by atoms with Crippen LogP contribution >= 0.6 is 11.6 Å². The molecule has 0 bridgehead atoms. The number of carbonyl (C=O) groups is 1. The molecule has 1 heterocycles. The summed E-state index contributed by atoms with van der Waals surface area (Å²) in [7, 11) is 0. The van der Waals surface area contributed by atoms with Crippen LogP contribution in [0.15, 0.2) is 75.9 Å². The number of hydrogen-bond donors (Lipinski definition) is 0. The van der Waals surface area contributed by atoms with Gasteiger partial charge < -0.3 is 13.9 Å². The molecule has 0 aliphatic heterocycles. The lowest BCUT2D eigenvalue weighted by atomic mass is 10.2. The van der Waals surface area contributed by atoms with Crippen LogP contribution in [0.4, 0.5) is 17.6 Å². The van der Waals surface area contributed by atoms with Crippen molar-refractivity contribution < 1.29 is 36.2 Å². The van der Waals surface area contributed by atoms with Gasteiger partial charge in [-0.15, -0.1) is 0 Å². The second-order valence-electron chi connectivity index (χ2n) is 6.65. The maximum Gasteiger partial charge on any atom is 0.453 e. The molecular formula is C23H11ClF4O5. The number of esters is 1. The Balaban J connectivity index is 1.78. The standard InChI is InChI=1S/C23H11ClF4O5/c24-15-6-2-4-8-17(15)32-20-19(29)14-10-9-12(11-18(14)33-21(20)23(26,27)28)31-22(30)13-5-1-3-7-16(13)25/h1-11H. The summed E-state index contributed by atoms with van der Waals surface area (Å²) in [5, 5.41) is -0.281. The monoisotopic (exact) mass is 478 g/mol. The van der Waals surface area contributed by atoms with Gasteiger partial charge in [-0.3, -0.25) is 4.79 Å². The Morgan fingerprint density at radius 1 is 0.970 bits per heavy atom. The molecule has 0 aliphatic carbocycles. The van der Waals surface area contributed by atoms with Crippen molar-refractivity contribution in [2.45, 2.75) is 6.18 Å². The predicted molar refractivity (Wildman–Crippen MR) is 110 cm³/mol. The molecule has 168 valence electrons. The van der Waals surface area contributed by atoms with Crippen molar-refractivity contribution in [2.75, 3.05) is 0 Å². The van der Waals surface area contributed by atoms with E-state index in [0.29, 0.717) is 0 Å². The lowest BCUT2D eigenvalue weighted by molar-refractivity contribution is -0.154. The van der Waals surface area contributed by atoms with Crippen LogP contribution in [0, 0.1) is 5.82 Å². The van der Waals surface area contributed by atoms with Crippen LogP contribution in [-0.4, -0.2) is 5.97 Å². The molecule has 0 N–H and O–H groups in total. The van der Waals surface area contributed by atoms with E-state index >= 15 is 0 Å². The molecule has 10 heteroatoms. The third kappa shape index (κ3) is 4.54. The van der Waals surface area contributed by atoms with Crippen molar-refractivity contribution >= 4 is 28.5 Å². The van der Waals surface area contributed by atoms with E-state index in [4.69, 9.17) is 25.5 Å². The highest BCUT2D eigenvalue weighted by Gasteiger charge is 2.40. The third-order valence-corrected chi connectivity index (χ3v) is 4.74. The number of carbonyl (C=O) groups excluding carboxylic acids is 1. The van der Waals surface area contributed by atoms with Crippen LogP contribution in [0.2, 0.25) is 5.02 Å². The molecule has 0 atom stereocenters. The summed E-state index contributed by atoms with van der Waals surface area (Å²) in [5.41, 5.74) is -2.01. The second kappa shape index (κ2) is 8.59. The van der Waals surface area contributed by atoms with Crippen LogP contribution in [0.5, 0.6) is 17.2 Å². The Labute approximate surface area is 187 Å². The fourth-order valence-corrected chi connectivity index (χ4v) is 3.10. The Bertz CT molecular complexity index is 1430. The highest BCUT2D eigenvalue weighted by molar-refractivity contribution is 6.32. The summed E-state index contributed by atoms with van der Waals surface area (Å²) in [4.78, 5) is 25.0. The topological polar surface area (TPSA) is 65.7 Å². The number of hydrogen-bond acceptors (Lipinski definition) is 5. The fourth-order valence-electron chi connectivity index (χ4n) is 2.93. The quantitative estimate of drug-likeness (QED) is 0.187. The van der Waals surface area contributed by atoms with Crippen molar-refractivity contribution in [1.82, 2.24) is 0 Å². The first-order valence-electron chi connectivity index (χ1n) is 9.22. The predicted octanol–water partition coefficient (Wildman–Crippen LogP) is 6.62. The van der Waals surface area contributed by atoms with E-state index in [0.717, 1.165) is 24.3 Å². The lowest BCUT2D eigenvalue weighted by Gasteiger charge is -2.14. The minimum Gasteiger partial charge on any atom is -0.448 e. The molecule has 0 unspecified atom stereocenters. The van der Waals surface area contributed by atoms with E-state index in [-0.39, 0.29) is 27.5 Å². The molecule has 0 saturated heterocycles. The van der Waals surface area contributed by atoms with Gasteiger partial charge in [0.2, 0.25) is 11.2 Å². The van der Waals surface area contributed by atoms with Crippen LogP contribution in [-0.2, 0) is 6.18 Å². The Hall–Kier alpha value is -3.85. The number of rotatable bonds is 4. The zero-order valence-electron chi connectivity index (χ0n) is 16.3. The number of ether oxygens (including phenoxy) is 2. The maximum atomic E-state index is 13.8. The highest BCUT2D eigenvalue weighted by atomic mass is 35.5. The molecule has 4 rings (SSSR count). The molecule has 33 heavy (non-hydrogen) atoms. The van der Waals surface area contributed by atoms with Gasteiger partial charge in [0, 0.05) is 6.07 Å². The van der Waals surface area contributed by atoms with Crippen molar-refractivity contribution in [3.63, 3.8) is 0 Å². The first-order chi connectivity index (χ1) is 15.6. The molecule has 3 aromatic carbocycles. The van der Waals surface area contributed by atoms with Crippen molar-refractivity contribution in [3.8, 4) is 17.2 Å². The number of halogens is 5. The summed E-state index contributed by atoms with van der Waals surface area (Å²) < 4.78 is 69.9. The molecule has 0 fully saturated rings. The van der Waals surface area contributed by atoms with Gasteiger partial charge in [-0.1, -0.05) is 35.9 Å². The summed E-state index contributed by atoms with van der Waals surface area (Å²) in [6.07, 6.45) is -5.09. The van der Waals surface area contributed by atoms with Crippen molar-refractivity contribution in [3.05, 3.63) is 99.1 Å². The Kier molecular flexibility index (Phi) is 5.82. The molecule has 0 aliphatic rings. The summed E-state index contributed by atoms with van der Waals surface area (Å²) in [5.74, 6) is -5.14. The highest BCUT2D eigenvalue weighted by Crippen LogP contribution is 2.39. The van der Waals surface area contributed by atoms with E-state index in [1.807, 2.05) is 0 Å². The van der Waals surface area contributed by atoms with Crippen LogP contribution < -0.4 is 14.9 Å². The molecule has 0 spiro atoms. The zero-order chi connectivity index (χ0) is 23.8. The van der Waals surface area contributed by atoms with Gasteiger partial charge in [-0.2, -0.15) is 13.2 Å². The van der Waals surface area contributed by atoms with Crippen LogP contribution in [0.3, 0.4) is 0 Å². The summed E-state index contributed by atoms with van der Waals surface area (Å²) >= 11 is 5.93. The largest absolute Gasteiger partial charge is 0.453 e. The maximum absolute atomic E-state index is 13.8. The fraction of sp³-hybridized carbons (Fsp3) is 0.0435. The van der Waals surface area contributed by atoms with Gasteiger partial charge in [0.15, 0.2) is 0 Å². The molecule has 4 aromatic rings. The average Bonchev–Trinajstić information content (AvgIpc) is 2.76. The zero-order valence-corrected chi connectivity index (χ0v) is 17.0. The van der Waals surface area contributed by atoms with Gasteiger partial charge in [-0.05, 0) is 36.4 Å². The summed E-state index contributed by atoms with van der Waals surface area (Å²) in [6.45, 7) is 0. The average molecular weight is 479 g/mol. The van der Waals surface area contributed by atoms with E-state index in [9.17, 15) is 27.2 Å². The molecule has 0 amide bonds. The normalized spacial score (nSPS) is 11.4. The van der Waals surface area contributed by atoms with Gasteiger partial charge in [0.1, 0.15) is 22.9 Å². The third-order valence-electron chi connectivity index (χ3n) is 4.43. The smallest absolute Gasteiger partial charge is 0.448 e. The first-order valence-corrected chi connectivity index (χ1v) is 9.60. The van der Waals surface area contributed by atoms with E-state index in [1.54, 1.807) is 0 Å². The van der Waals surface area contributed by atoms with E-state index in [2.05, 4.69) is 0 Å². The van der Waals surface area contributed by atoms with Gasteiger partial charge in [0.05, 0.1) is 16.0 Å². The second-order valence-corrected chi connectivity index (χ2v) is 7.05. The molecule has 5 nitrogen and oxygen atoms in total. The number of benzene rings is 3. The number of para-hydroxylation sites is 1. The van der Waals surface area contributed by atoms with Gasteiger partial charge in [0.25, 0.3) is 5.76 Å². The van der Waals surface area contributed by atoms with E-state index < -0.39 is 40.5 Å². The van der Waals surface area contributed by atoms with Crippen LogP contribution in [0.25, 0.3) is 11.0 Å². The molecular weight excluding hydrogens is 468 g/mol. The minimum atomic E-state index is -5.09. The van der Waals surface area contributed by atoms with E-state index in [1.165, 1.54) is 42.5 Å².